The SMILES string of the molecule is COc1ccc(S(=O)(=O)CCC(=O)Nc2ccc(OC(F)(F)F)cc2)cc1. The summed E-state index contributed by atoms with van der Waals surface area (Å²) in [5.74, 6) is -0.927. The zero-order chi connectivity index (χ0) is 20.1. The summed E-state index contributed by atoms with van der Waals surface area (Å²) in [5, 5.41) is 2.41. The Bertz CT molecular complexity index is 878. The number of anilines is 1. The molecule has 0 aliphatic heterocycles. The third-order valence-corrected chi connectivity index (χ3v) is 5.12. The highest BCUT2D eigenvalue weighted by Crippen LogP contribution is 2.24. The van der Waals surface area contributed by atoms with Gasteiger partial charge < -0.3 is 14.8 Å². The molecule has 1 N–H and O–H groups in total. The maximum Gasteiger partial charge on any atom is 0.573 e. The molecule has 27 heavy (non-hydrogen) atoms. The molecule has 146 valence electrons. The minimum absolute atomic E-state index is 0.0600. The normalized spacial score (nSPS) is 11.7. The topological polar surface area (TPSA) is 81.7 Å². The van der Waals surface area contributed by atoms with Gasteiger partial charge in [-0.1, -0.05) is 0 Å². The Labute approximate surface area is 153 Å². The molecular formula is C17H16F3NO5S. The summed E-state index contributed by atoms with van der Waals surface area (Å²) in [6.45, 7) is 0. The Hall–Kier alpha value is -2.75. The van der Waals surface area contributed by atoms with E-state index in [0.29, 0.717) is 5.75 Å². The van der Waals surface area contributed by atoms with Crippen molar-refractivity contribution in [2.24, 2.45) is 0 Å². The molecule has 0 saturated carbocycles. The number of sulfone groups is 1. The second-order valence-electron chi connectivity index (χ2n) is 5.36. The number of hydrogen-bond acceptors (Lipinski definition) is 5. The van der Waals surface area contributed by atoms with Crippen molar-refractivity contribution in [1.29, 1.82) is 0 Å². The Morgan fingerprint density at radius 3 is 2.07 bits per heavy atom. The average molecular weight is 403 g/mol. The lowest BCUT2D eigenvalue weighted by Gasteiger charge is -2.10. The molecule has 0 aliphatic carbocycles. The summed E-state index contributed by atoms with van der Waals surface area (Å²) >= 11 is 0. The molecule has 10 heteroatoms. The number of rotatable bonds is 7. The van der Waals surface area contributed by atoms with Crippen LogP contribution >= 0.6 is 0 Å². The highest BCUT2D eigenvalue weighted by molar-refractivity contribution is 7.91. The highest BCUT2D eigenvalue weighted by atomic mass is 32.2. The van der Waals surface area contributed by atoms with E-state index in [1.807, 2.05) is 0 Å². The highest BCUT2D eigenvalue weighted by Gasteiger charge is 2.31. The largest absolute Gasteiger partial charge is 0.573 e. The first-order valence-corrected chi connectivity index (χ1v) is 9.27. The van der Waals surface area contributed by atoms with Crippen molar-refractivity contribution < 1.29 is 35.9 Å². The third kappa shape index (κ3) is 6.48. The molecule has 0 spiro atoms. The summed E-state index contributed by atoms with van der Waals surface area (Å²) in [7, 11) is -2.21. The number of nitrogens with one attached hydrogen (secondary N) is 1. The standard InChI is InChI=1S/C17H16F3NO5S/c1-25-13-6-8-15(9-7-13)27(23,24)11-10-16(22)21-12-2-4-14(5-3-12)26-17(18,19)20/h2-9H,10-11H2,1H3,(H,21,22). The van der Waals surface area contributed by atoms with E-state index in [2.05, 4.69) is 10.1 Å². The van der Waals surface area contributed by atoms with Crippen LogP contribution in [-0.2, 0) is 14.6 Å². The molecule has 0 aromatic heterocycles. The van der Waals surface area contributed by atoms with Crippen molar-refractivity contribution in [3.8, 4) is 11.5 Å². The van der Waals surface area contributed by atoms with Gasteiger partial charge in [-0.25, -0.2) is 8.42 Å². The molecule has 0 heterocycles. The van der Waals surface area contributed by atoms with Gasteiger partial charge in [0.1, 0.15) is 11.5 Å². The molecular weight excluding hydrogens is 387 g/mol. The van der Waals surface area contributed by atoms with Crippen LogP contribution in [0, 0.1) is 0 Å². The van der Waals surface area contributed by atoms with Crippen LogP contribution in [0.1, 0.15) is 6.42 Å². The smallest absolute Gasteiger partial charge is 0.497 e. The van der Waals surface area contributed by atoms with E-state index in [1.165, 1.54) is 43.5 Å². The maximum absolute atomic E-state index is 12.2. The third-order valence-electron chi connectivity index (χ3n) is 3.39. The second-order valence-corrected chi connectivity index (χ2v) is 7.47. The molecule has 6 nitrogen and oxygen atoms in total. The number of carbonyl (C=O) groups is 1. The van der Waals surface area contributed by atoms with Crippen LogP contribution in [0.15, 0.2) is 53.4 Å². The van der Waals surface area contributed by atoms with Gasteiger partial charge in [-0.3, -0.25) is 4.79 Å². The van der Waals surface area contributed by atoms with E-state index in [1.54, 1.807) is 0 Å². The van der Waals surface area contributed by atoms with Crippen molar-refractivity contribution in [3.05, 3.63) is 48.5 Å². The Morgan fingerprint density at radius 2 is 1.56 bits per heavy atom. The van der Waals surface area contributed by atoms with Gasteiger partial charge in [0.25, 0.3) is 0 Å². The maximum atomic E-state index is 12.2. The van der Waals surface area contributed by atoms with E-state index in [-0.39, 0.29) is 17.0 Å². The van der Waals surface area contributed by atoms with Crippen LogP contribution in [0.4, 0.5) is 18.9 Å². The fourth-order valence-electron chi connectivity index (χ4n) is 2.09. The van der Waals surface area contributed by atoms with Gasteiger partial charge in [0, 0.05) is 12.1 Å². The number of halogens is 3. The Morgan fingerprint density at radius 1 is 1.00 bits per heavy atom. The molecule has 0 saturated heterocycles. The van der Waals surface area contributed by atoms with Crippen LogP contribution < -0.4 is 14.8 Å². The minimum Gasteiger partial charge on any atom is -0.497 e. The molecule has 0 aliphatic rings. The van der Waals surface area contributed by atoms with Crippen LogP contribution in [0.25, 0.3) is 0 Å². The summed E-state index contributed by atoms with van der Waals surface area (Å²) in [4.78, 5) is 12.0. The van der Waals surface area contributed by atoms with Crippen molar-refractivity contribution in [2.45, 2.75) is 17.7 Å². The van der Waals surface area contributed by atoms with Crippen molar-refractivity contribution in [3.63, 3.8) is 0 Å². The fourth-order valence-corrected chi connectivity index (χ4v) is 3.33. The van der Waals surface area contributed by atoms with E-state index in [4.69, 9.17) is 4.74 Å². The van der Waals surface area contributed by atoms with Crippen molar-refractivity contribution in [2.75, 3.05) is 18.2 Å². The number of amides is 1. The van der Waals surface area contributed by atoms with Crippen LogP contribution in [0.3, 0.4) is 0 Å². The van der Waals surface area contributed by atoms with Gasteiger partial charge in [0.15, 0.2) is 9.84 Å². The molecule has 2 aromatic rings. The number of methoxy groups -OCH3 is 1. The molecule has 0 bridgehead atoms. The molecule has 2 aromatic carbocycles. The first-order chi connectivity index (χ1) is 12.6. The van der Waals surface area contributed by atoms with E-state index >= 15 is 0 Å². The van der Waals surface area contributed by atoms with Crippen LogP contribution in [0.2, 0.25) is 0 Å². The minimum atomic E-state index is -4.80. The zero-order valence-electron chi connectivity index (χ0n) is 14.1. The van der Waals surface area contributed by atoms with E-state index < -0.39 is 33.6 Å². The first kappa shape index (κ1) is 20.6. The molecule has 0 atom stereocenters. The van der Waals surface area contributed by atoms with E-state index in [9.17, 15) is 26.4 Å². The summed E-state index contributed by atoms with van der Waals surface area (Å²) in [6.07, 6.45) is -5.12. The number of hydrogen-bond donors (Lipinski definition) is 1. The lowest BCUT2D eigenvalue weighted by molar-refractivity contribution is -0.274. The van der Waals surface area contributed by atoms with Gasteiger partial charge in [0.05, 0.1) is 17.8 Å². The van der Waals surface area contributed by atoms with Gasteiger partial charge in [-0.15, -0.1) is 13.2 Å². The van der Waals surface area contributed by atoms with Crippen LogP contribution in [-0.4, -0.2) is 33.5 Å². The van der Waals surface area contributed by atoms with Gasteiger partial charge in [0.2, 0.25) is 5.91 Å². The average Bonchev–Trinajstić information content (AvgIpc) is 2.61. The second kappa shape index (κ2) is 8.30. The summed E-state index contributed by atoms with van der Waals surface area (Å²) < 4.78 is 69.4. The predicted octanol–water partition coefficient (Wildman–Crippen LogP) is 3.40. The van der Waals surface area contributed by atoms with Gasteiger partial charge in [-0.05, 0) is 48.5 Å². The van der Waals surface area contributed by atoms with Crippen molar-refractivity contribution in [1.82, 2.24) is 0 Å². The van der Waals surface area contributed by atoms with Gasteiger partial charge >= 0.3 is 6.36 Å². The Balaban J connectivity index is 1.91. The zero-order valence-corrected chi connectivity index (χ0v) is 14.9. The molecule has 1 amide bonds. The number of ether oxygens (including phenoxy) is 2. The molecule has 0 unspecified atom stereocenters. The van der Waals surface area contributed by atoms with Crippen LogP contribution in [0.5, 0.6) is 11.5 Å². The molecule has 2 rings (SSSR count). The lowest BCUT2D eigenvalue weighted by atomic mass is 10.3. The molecule has 0 radical (unpaired) electrons. The monoisotopic (exact) mass is 403 g/mol. The quantitative estimate of drug-likeness (QED) is 0.766. The van der Waals surface area contributed by atoms with Crippen molar-refractivity contribution >= 4 is 21.4 Å². The van der Waals surface area contributed by atoms with E-state index in [0.717, 1.165) is 12.1 Å². The summed E-state index contributed by atoms with van der Waals surface area (Å²) in [6, 6.07) is 10.3. The van der Waals surface area contributed by atoms with Gasteiger partial charge in [-0.2, -0.15) is 0 Å². The summed E-state index contributed by atoms with van der Waals surface area (Å²) in [5.41, 5.74) is 0.219. The fraction of sp³-hybridized carbons (Fsp3) is 0.235. The molecule has 0 fully saturated rings. The predicted molar refractivity (Wildman–Crippen MR) is 91.4 cm³/mol. The Kier molecular flexibility index (Phi) is 6.32. The number of carbonyl (C=O) groups excluding carboxylic acids is 1. The number of alkyl halides is 3. The lowest BCUT2D eigenvalue weighted by Crippen LogP contribution is -2.18. The first-order valence-electron chi connectivity index (χ1n) is 7.61. The number of benzene rings is 2.